The molecule has 0 saturated carbocycles. The average Bonchev–Trinajstić information content (AvgIpc) is 3.13. The standard InChI is InChI=1S/C17H22FN3O/c1-12(13-4-3-5-16(18)8-13)19-9-14-6-7-22-17(14)15-10-20-21(2)11-15/h3-5,8,10-12,14,17,19H,6-7,9H2,1-2H3/t12-,14-,17+/m0/s1. The van der Waals surface area contributed by atoms with Crippen molar-refractivity contribution < 1.29 is 9.13 Å². The summed E-state index contributed by atoms with van der Waals surface area (Å²) in [7, 11) is 1.91. The van der Waals surface area contributed by atoms with Crippen molar-refractivity contribution in [1.82, 2.24) is 15.1 Å². The molecule has 3 rings (SSSR count). The zero-order chi connectivity index (χ0) is 15.5. The first-order valence-electron chi connectivity index (χ1n) is 7.72. The van der Waals surface area contributed by atoms with Gasteiger partial charge >= 0.3 is 0 Å². The Bertz CT molecular complexity index is 628. The van der Waals surface area contributed by atoms with Crippen molar-refractivity contribution in [2.24, 2.45) is 13.0 Å². The number of halogens is 1. The van der Waals surface area contributed by atoms with Gasteiger partial charge in [0, 0.05) is 43.9 Å². The molecule has 2 aromatic rings. The number of benzene rings is 1. The second-order valence-corrected chi connectivity index (χ2v) is 5.97. The van der Waals surface area contributed by atoms with Crippen LogP contribution in [0.5, 0.6) is 0 Å². The Balaban J connectivity index is 1.60. The van der Waals surface area contributed by atoms with Crippen LogP contribution in [0.25, 0.3) is 0 Å². The van der Waals surface area contributed by atoms with E-state index in [4.69, 9.17) is 4.74 Å². The Labute approximate surface area is 130 Å². The highest BCUT2D eigenvalue weighted by molar-refractivity contribution is 5.19. The topological polar surface area (TPSA) is 39.1 Å². The second-order valence-electron chi connectivity index (χ2n) is 5.97. The molecule has 3 atom stereocenters. The molecule has 5 heteroatoms. The van der Waals surface area contributed by atoms with Crippen molar-refractivity contribution in [3.63, 3.8) is 0 Å². The van der Waals surface area contributed by atoms with Crippen molar-refractivity contribution >= 4 is 0 Å². The summed E-state index contributed by atoms with van der Waals surface area (Å²) in [5, 5.41) is 7.72. The van der Waals surface area contributed by atoms with Crippen LogP contribution in [0.3, 0.4) is 0 Å². The fourth-order valence-corrected chi connectivity index (χ4v) is 3.02. The highest BCUT2D eigenvalue weighted by atomic mass is 19.1. The molecular formula is C17H22FN3O. The lowest BCUT2D eigenvalue weighted by molar-refractivity contribution is 0.0899. The highest BCUT2D eigenvalue weighted by Gasteiger charge is 2.30. The predicted octanol–water partition coefficient (Wildman–Crippen LogP) is 2.99. The van der Waals surface area contributed by atoms with Gasteiger partial charge in [-0.2, -0.15) is 5.10 Å². The van der Waals surface area contributed by atoms with Crippen molar-refractivity contribution in [3.8, 4) is 0 Å². The lowest BCUT2D eigenvalue weighted by Crippen LogP contribution is -2.27. The zero-order valence-electron chi connectivity index (χ0n) is 13.0. The molecule has 0 radical (unpaired) electrons. The van der Waals surface area contributed by atoms with Crippen LogP contribution in [-0.4, -0.2) is 22.9 Å². The van der Waals surface area contributed by atoms with Crippen LogP contribution >= 0.6 is 0 Å². The normalized spacial score (nSPS) is 22.9. The number of nitrogens with zero attached hydrogens (tertiary/aromatic N) is 2. The number of hydrogen-bond donors (Lipinski definition) is 1. The molecule has 1 saturated heterocycles. The molecule has 0 spiro atoms. The number of hydrogen-bond acceptors (Lipinski definition) is 3. The van der Waals surface area contributed by atoms with E-state index >= 15 is 0 Å². The van der Waals surface area contributed by atoms with Gasteiger partial charge in [0.25, 0.3) is 0 Å². The monoisotopic (exact) mass is 303 g/mol. The minimum absolute atomic E-state index is 0.0981. The van der Waals surface area contributed by atoms with Gasteiger partial charge in [0.05, 0.1) is 12.3 Å². The first kappa shape index (κ1) is 15.2. The molecule has 118 valence electrons. The summed E-state index contributed by atoms with van der Waals surface area (Å²) in [4.78, 5) is 0. The van der Waals surface area contributed by atoms with E-state index in [1.807, 2.05) is 25.5 Å². The average molecular weight is 303 g/mol. The molecule has 1 aromatic heterocycles. The van der Waals surface area contributed by atoms with Gasteiger partial charge in [0.2, 0.25) is 0 Å². The number of nitrogens with one attached hydrogen (secondary N) is 1. The van der Waals surface area contributed by atoms with Gasteiger partial charge < -0.3 is 10.1 Å². The number of ether oxygens (including phenoxy) is 1. The van der Waals surface area contributed by atoms with Crippen LogP contribution < -0.4 is 5.32 Å². The number of aryl methyl sites for hydroxylation is 1. The summed E-state index contributed by atoms with van der Waals surface area (Å²) in [5.74, 6) is 0.226. The van der Waals surface area contributed by atoms with Gasteiger partial charge in [-0.05, 0) is 31.0 Å². The second kappa shape index (κ2) is 6.58. The van der Waals surface area contributed by atoms with Crippen LogP contribution in [0.2, 0.25) is 0 Å². The van der Waals surface area contributed by atoms with E-state index in [9.17, 15) is 4.39 Å². The first-order valence-corrected chi connectivity index (χ1v) is 7.72. The Kier molecular flexibility index (Phi) is 4.55. The van der Waals surface area contributed by atoms with Crippen LogP contribution in [0, 0.1) is 11.7 Å². The third-order valence-electron chi connectivity index (χ3n) is 4.30. The Hall–Kier alpha value is -1.72. The van der Waals surface area contributed by atoms with Gasteiger partial charge in [-0.3, -0.25) is 4.68 Å². The fraction of sp³-hybridized carbons (Fsp3) is 0.471. The maximum Gasteiger partial charge on any atom is 0.123 e. The van der Waals surface area contributed by atoms with Crippen LogP contribution in [0.1, 0.15) is 36.6 Å². The van der Waals surface area contributed by atoms with E-state index in [1.165, 1.54) is 6.07 Å². The molecule has 0 bridgehead atoms. The predicted molar refractivity (Wildman–Crippen MR) is 82.8 cm³/mol. The van der Waals surface area contributed by atoms with Crippen LogP contribution in [-0.2, 0) is 11.8 Å². The number of rotatable bonds is 5. The summed E-state index contributed by atoms with van der Waals surface area (Å²) in [6.45, 7) is 3.68. The SMILES string of the molecule is C[C@H](NC[C@@H]1CCO[C@H]1c1cnn(C)c1)c1cccc(F)c1. The van der Waals surface area contributed by atoms with Crippen molar-refractivity contribution in [3.05, 3.63) is 53.6 Å². The zero-order valence-corrected chi connectivity index (χ0v) is 13.0. The lowest BCUT2D eigenvalue weighted by Gasteiger charge is -2.21. The fourth-order valence-electron chi connectivity index (χ4n) is 3.02. The van der Waals surface area contributed by atoms with E-state index in [2.05, 4.69) is 17.3 Å². The van der Waals surface area contributed by atoms with Gasteiger partial charge in [-0.25, -0.2) is 4.39 Å². The molecule has 2 heterocycles. The van der Waals surface area contributed by atoms with E-state index in [0.717, 1.165) is 30.7 Å². The van der Waals surface area contributed by atoms with E-state index in [1.54, 1.807) is 16.8 Å². The van der Waals surface area contributed by atoms with Crippen molar-refractivity contribution in [2.45, 2.75) is 25.5 Å². The van der Waals surface area contributed by atoms with Crippen LogP contribution in [0.15, 0.2) is 36.7 Å². The molecule has 4 nitrogen and oxygen atoms in total. The molecule has 1 aromatic carbocycles. The minimum atomic E-state index is -0.191. The largest absolute Gasteiger partial charge is 0.373 e. The van der Waals surface area contributed by atoms with Gasteiger partial charge in [0.15, 0.2) is 0 Å². The van der Waals surface area contributed by atoms with Gasteiger partial charge in [-0.15, -0.1) is 0 Å². The molecular weight excluding hydrogens is 281 g/mol. The van der Waals surface area contributed by atoms with Gasteiger partial charge in [0.1, 0.15) is 5.82 Å². The molecule has 1 aliphatic heterocycles. The Morgan fingerprint density at radius 2 is 2.36 bits per heavy atom. The molecule has 22 heavy (non-hydrogen) atoms. The van der Waals surface area contributed by atoms with Crippen molar-refractivity contribution in [1.29, 1.82) is 0 Å². The first-order chi connectivity index (χ1) is 10.6. The lowest BCUT2D eigenvalue weighted by atomic mass is 9.96. The van der Waals surface area contributed by atoms with E-state index in [-0.39, 0.29) is 18.0 Å². The van der Waals surface area contributed by atoms with E-state index < -0.39 is 0 Å². The Morgan fingerprint density at radius 1 is 1.50 bits per heavy atom. The smallest absolute Gasteiger partial charge is 0.123 e. The quantitative estimate of drug-likeness (QED) is 0.923. The summed E-state index contributed by atoms with van der Waals surface area (Å²) in [6, 6.07) is 6.87. The molecule has 1 aliphatic rings. The maximum atomic E-state index is 13.3. The summed E-state index contributed by atoms with van der Waals surface area (Å²) < 4.78 is 21.0. The summed E-state index contributed by atoms with van der Waals surface area (Å²) in [5.41, 5.74) is 2.10. The van der Waals surface area contributed by atoms with Crippen LogP contribution in [0.4, 0.5) is 4.39 Å². The van der Waals surface area contributed by atoms with Crippen molar-refractivity contribution in [2.75, 3.05) is 13.2 Å². The number of aromatic nitrogens is 2. The molecule has 1 N–H and O–H groups in total. The minimum Gasteiger partial charge on any atom is -0.373 e. The maximum absolute atomic E-state index is 13.3. The molecule has 0 amide bonds. The van der Waals surface area contributed by atoms with Gasteiger partial charge in [-0.1, -0.05) is 12.1 Å². The molecule has 0 aliphatic carbocycles. The third-order valence-corrected chi connectivity index (χ3v) is 4.30. The Morgan fingerprint density at radius 3 is 3.09 bits per heavy atom. The van der Waals surface area contributed by atoms with E-state index in [0.29, 0.717) is 5.92 Å². The highest BCUT2D eigenvalue weighted by Crippen LogP contribution is 2.34. The summed E-state index contributed by atoms with van der Waals surface area (Å²) >= 11 is 0. The summed E-state index contributed by atoms with van der Waals surface area (Å²) in [6.07, 6.45) is 5.02. The molecule has 1 fully saturated rings. The molecule has 0 unspecified atom stereocenters. The third kappa shape index (κ3) is 3.36.